The van der Waals surface area contributed by atoms with Crippen molar-refractivity contribution in [3.63, 3.8) is 0 Å². The molecule has 1 nitrogen and oxygen atoms in total. The third-order valence-corrected chi connectivity index (χ3v) is 4.72. The first-order valence-corrected chi connectivity index (χ1v) is 8.14. The molecule has 1 N–H and O–H groups in total. The van der Waals surface area contributed by atoms with Crippen LogP contribution in [0.25, 0.3) is 0 Å². The van der Waals surface area contributed by atoms with Gasteiger partial charge >= 0.3 is 36.0 Å². The summed E-state index contributed by atoms with van der Waals surface area (Å²) in [6, 6.07) is 0. The summed E-state index contributed by atoms with van der Waals surface area (Å²) >= 11 is 0. The van der Waals surface area contributed by atoms with Crippen LogP contribution in [0, 0.1) is 5.92 Å². The highest BCUT2D eigenvalue weighted by Gasteiger charge is 2.90. The molecule has 1 aliphatic rings. The van der Waals surface area contributed by atoms with E-state index < -0.39 is 53.6 Å². The summed E-state index contributed by atoms with van der Waals surface area (Å²) in [4.78, 5) is 0. The molecule has 0 unspecified atom stereocenters. The molecule has 0 atom stereocenters. The minimum absolute atomic E-state index is 0.0277. The SMILES string of the molecule is OC(/C=C\C1CCCCC1)(C(F)(F)C(F)(F)C(F)(F)F)C(F)(F)C(F)(F)C(F)(F)F. The molecule has 0 heterocycles. The highest BCUT2D eigenvalue weighted by molar-refractivity contribution is 5.24. The maximum atomic E-state index is 14.0. The molecule has 178 valence electrons. The van der Waals surface area contributed by atoms with Crippen molar-refractivity contribution in [1.29, 1.82) is 0 Å². The third-order valence-electron chi connectivity index (χ3n) is 4.72. The minimum Gasteiger partial charge on any atom is -0.374 e. The maximum Gasteiger partial charge on any atom is 0.460 e. The molecule has 1 rings (SSSR count). The van der Waals surface area contributed by atoms with Crippen molar-refractivity contribution in [1.82, 2.24) is 0 Å². The molecular formula is C15H14F14O. The Morgan fingerprint density at radius 2 is 0.867 bits per heavy atom. The zero-order chi connectivity index (χ0) is 24.0. The van der Waals surface area contributed by atoms with E-state index in [1.165, 1.54) is 0 Å². The van der Waals surface area contributed by atoms with Crippen LogP contribution in [0.2, 0.25) is 0 Å². The number of alkyl halides is 14. The first-order chi connectivity index (χ1) is 13.1. The van der Waals surface area contributed by atoms with Crippen molar-refractivity contribution in [2.75, 3.05) is 0 Å². The molecule has 0 saturated heterocycles. The molecule has 0 aromatic rings. The number of halogens is 14. The molecule has 1 saturated carbocycles. The summed E-state index contributed by atoms with van der Waals surface area (Å²) in [5.74, 6) is -31.4. The predicted molar refractivity (Wildman–Crippen MR) is 72.6 cm³/mol. The van der Waals surface area contributed by atoms with E-state index in [1.807, 2.05) is 0 Å². The summed E-state index contributed by atoms with van der Waals surface area (Å²) in [6.07, 6.45) is -14.9. The summed E-state index contributed by atoms with van der Waals surface area (Å²) in [5, 5.41) is 9.45. The fourth-order valence-electron chi connectivity index (χ4n) is 2.84. The van der Waals surface area contributed by atoms with Gasteiger partial charge in [-0.3, -0.25) is 0 Å². The van der Waals surface area contributed by atoms with Crippen molar-refractivity contribution in [2.45, 2.75) is 73.7 Å². The van der Waals surface area contributed by atoms with Gasteiger partial charge in [0.2, 0.25) is 5.60 Å². The average Bonchev–Trinajstić information content (AvgIpc) is 2.57. The number of hydrogen-bond acceptors (Lipinski definition) is 1. The van der Waals surface area contributed by atoms with Crippen LogP contribution in [0.3, 0.4) is 0 Å². The van der Waals surface area contributed by atoms with Crippen LogP contribution >= 0.6 is 0 Å². The van der Waals surface area contributed by atoms with Gasteiger partial charge < -0.3 is 5.11 Å². The molecule has 0 aromatic carbocycles. The van der Waals surface area contributed by atoms with Crippen molar-refractivity contribution in [2.24, 2.45) is 5.92 Å². The normalized spacial score (nSPS) is 19.6. The molecule has 30 heavy (non-hydrogen) atoms. The quantitative estimate of drug-likeness (QED) is 0.342. The monoisotopic (exact) mass is 476 g/mol. The molecule has 0 aliphatic heterocycles. The lowest BCUT2D eigenvalue weighted by molar-refractivity contribution is -0.439. The van der Waals surface area contributed by atoms with E-state index in [9.17, 15) is 66.6 Å². The van der Waals surface area contributed by atoms with E-state index in [1.54, 1.807) is 0 Å². The second-order valence-corrected chi connectivity index (χ2v) is 6.82. The predicted octanol–water partition coefficient (Wildman–Crippen LogP) is 6.52. The van der Waals surface area contributed by atoms with E-state index >= 15 is 0 Å². The minimum atomic E-state index is -7.60. The van der Waals surface area contributed by atoms with Gasteiger partial charge in [0.15, 0.2) is 0 Å². The van der Waals surface area contributed by atoms with Gasteiger partial charge in [0.1, 0.15) is 0 Å². The van der Waals surface area contributed by atoms with Crippen LogP contribution in [0.1, 0.15) is 32.1 Å². The lowest BCUT2D eigenvalue weighted by Gasteiger charge is -2.45. The largest absolute Gasteiger partial charge is 0.460 e. The smallest absolute Gasteiger partial charge is 0.374 e. The second-order valence-electron chi connectivity index (χ2n) is 6.82. The highest BCUT2D eigenvalue weighted by atomic mass is 19.4. The lowest BCUT2D eigenvalue weighted by atomic mass is 9.79. The van der Waals surface area contributed by atoms with Gasteiger partial charge in [-0.25, -0.2) is 0 Å². The summed E-state index contributed by atoms with van der Waals surface area (Å²) in [5.41, 5.74) is -6.56. The van der Waals surface area contributed by atoms with E-state index in [0.717, 1.165) is 0 Å². The summed E-state index contributed by atoms with van der Waals surface area (Å²) < 4.78 is 183. The Morgan fingerprint density at radius 3 is 1.17 bits per heavy atom. The lowest BCUT2D eigenvalue weighted by Crippen LogP contribution is -2.75. The van der Waals surface area contributed by atoms with Crippen LogP contribution in [0.4, 0.5) is 61.5 Å². The molecule has 0 aromatic heterocycles. The first-order valence-electron chi connectivity index (χ1n) is 8.14. The Labute approximate surface area is 159 Å². The van der Waals surface area contributed by atoms with Crippen LogP contribution in [-0.4, -0.2) is 46.8 Å². The number of allylic oxidation sites excluding steroid dienone is 1. The fraction of sp³-hybridized carbons (Fsp3) is 0.867. The first kappa shape index (κ1) is 26.8. The van der Waals surface area contributed by atoms with Crippen molar-refractivity contribution in [3.05, 3.63) is 12.2 Å². The summed E-state index contributed by atoms with van der Waals surface area (Å²) in [6.45, 7) is 0. The van der Waals surface area contributed by atoms with Gasteiger partial charge in [-0.1, -0.05) is 25.3 Å². The highest BCUT2D eigenvalue weighted by Crippen LogP contribution is 2.61. The number of aliphatic hydroxyl groups is 1. The molecule has 0 spiro atoms. The Kier molecular flexibility index (Phi) is 6.86. The van der Waals surface area contributed by atoms with Gasteiger partial charge in [0.05, 0.1) is 0 Å². The number of hydrogen-bond donors (Lipinski definition) is 1. The van der Waals surface area contributed by atoms with Crippen molar-refractivity contribution >= 4 is 0 Å². The van der Waals surface area contributed by atoms with Crippen molar-refractivity contribution in [3.8, 4) is 0 Å². The zero-order valence-electron chi connectivity index (χ0n) is 14.5. The van der Waals surface area contributed by atoms with Gasteiger partial charge in [0, 0.05) is 0 Å². The van der Waals surface area contributed by atoms with E-state index in [4.69, 9.17) is 0 Å². The summed E-state index contributed by atoms with van der Waals surface area (Å²) in [7, 11) is 0. The molecule has 1 aliphatic carbocycles. The van der Waals surface area contributed by atoms with Crippen LogP contribution in [0.5, 0.6) is 0 Å². The molecular weight excluding hydrogens is 462 g/mol. The Balaban J connectivity index is 3.74. The van der Waals surface area contributed by atoms with E-state index in [0.29, 0.717) is 6.42 Å². The Hall–Kier alpha value is -1.28. The molecule has 0 bridgehead atoms. The van der Waals surface area contributed by atoms with Crippen LogP contribution in [0.15, 0.2) is 12.2 Å². The third kappa shape index (κ3) is 3.97. The van der Waals surface area contributed by atoms with E-state index in [2.05, 4.69) is 0 Å². The second kappa shape index (κ2) is 7.69. The fourth-order valence-corrected chi connectivity index (χ4v) is 2.84. The topological polar surface area (TPSA) is 20.2 Å². The van der Waals surface area contributed by atoms with Crippen LogP contribution < -0.4 is 0 Å². The zero-order valence-corrected chi connectivity index (χ0v) is 14.5. The van der Waals surface area contributed by atoms with Gasteiger partial charge in [-0.15, -0.1) is 0 Å². The standard InChI is InChI=1S/C15H14F14O/c16-10(17,12(20,21)14(24,25)26)9(30,7-6-8-4-2-1-3-5-8)11(18,19)13(22,23)15(27,28)29/h6-8,30H,1-5H2/b7-6-. The Bertz CT molecular complexity index is 586. The number of rotatable bonds is 6. The Morgan fingerprint density at radius 1 is 0.533 bits per heavy atom. The van der Waals surface area contributed by atoms with Gasteiger partial charge in [0.25, 0.3) is 0 Å². The average molecular weight is 476 g/mol. The van der Waals surface area contributed by atoms with Gasteiger partial charge in [-0.05, 0) is 24.8 Å². The molecule has 15 heteroatoms. The van der Waals surface area contributed by atoms with Crippen LogP contribution in [-0.2, 0) is 0 Å². The molecule has 0 amide bonds. The van der Waals surface area contributed by atoms with Gasteiger partial charge in [-0.2, -0.15) is 61.5 Å². The van der Waals surface area contributed by atoms with Crippen molar-refractivity contribution < 1.29 is 66.6 Å². The van der Waals surface area contributed by atoms with E-state index in [-0.39, 0.29) is 31.8 Å². The molecule has 1 fully saturated rings. The maximum absolute atomic E-state index is 14.0. The molecule has 0 radical (unpaired) electrons.